The maximum absolute atomic E-state index is 12.5. The molecule has 0 atom stereocenters. The lowest BCUT2D eigenvalue weighted by atomic mass is 10.2. The Bertz CT molecular complexity index is 413. The monoisotopic (exact) mass is 453 g/mol. The number of halogens is 4. The summed E-state index contributed by atoms with van der Waals surface area (Å²) in [6.45, 7) is 1.92. The highest BCUT2D eigenvalue weighted by atomic mass is 127. The van der Waals surface area contributed by atoms with Crippen molar-refractivity contribution in [2.75, 3.05) is 6.61 Å². The molecule has 0 aromatic carbocycles. The number of hydrogen-bond donors (Lipinski definition) is 0. The molecule has 0 amide bonds. The van der Waals surface area contributed by atoms with Crippen LogP contribution in [0, 0.1) is 7.27 Å². The molecule has 0 spiro atoms. The van der Waals surface area contributed by atoms with E-state index in [1.54, 1.807) is 52.1 Å². The molecule has 1 aromatic heterocycles. The van der Waals surface area contributed by atoms with Crippen LogP contribution in [0.25, 0.3) is 0 Å². The smallest absolute Gasteiger partial charge is 0.340 e. The van der Waals surface area contributed by atoms with Gasteiger partial charge in [-0.15, -0.1) is 0 Å². The Morgan fingerprint density at radius 1 is 1.56 bits per heavy atom. The van der Waals surface area contributed by atoms with Crippen molar-refractivity contribution in [1.29, 1.82) is 0 Å². The summed E-state index contributed by atoms with van der Waals surface area (Å²) in [5, 5.41) is 0. The maximum atomic E-state index is 12.5. The van der Waals surface area contributed by atoms with E-state index in [2.05, 4.69) is 4.98 Å². The van der Waals surface area contributed by atoms with Crippen molar-refractivity contribution in [3.05, 3.63) is 24.6 Å². The van der Waals surface area contributed by atoms with E-state index in [1.807, 2.05) is 0 Å². The van der Waals surface area contributed by atoms with E-state index in [0.29, 0.717) is 0 Å². The summed E-state index contributed by atoms with van der Waals surface area (Å²) in [6.07, 6.45) is -2.64. The summed E-state index contributed by atoms with van der Waals surface area (Å²) in [6, 6.07) is 1.37. The number of nitrogens with zero attached hydrogens (tertiary/aromatic N) is 1. The van der Waals surface area contributed by atoms with E-state index < -0.39 is 12.4 Å². The minimum absolute atomic E-state index is 0.219. The topological polar surface area (TPSA) is 39.2 Å². The number of carbonyl (C=O) groups is 1. The molecule has 7 heteroatoms. The zero-order valence-corrected chi connectivity index (χ0v) is 12.5. The van der Waals surface area contributed by atoms with Crippen LogP contribution in [0.1, 0.15) is 29.4 Å². The Kier molecular flexibility index (Phi) is 5.28. The molecule has 1 heterocycles. The minimum atomic E-state index is -2.64. The lowest BCUT2D eigenvalue weighted by molar-refractivity contribution is 0.0523. The van der Waals surface area contributed by atoms with Gasteiger partial charge < -0.3 is 4.74 Å². The third-order valence-corrected chi connectivity index (χ3v) is 3.35. The molecule has 0 aliphatic rings. The molecule has 0 aliphatic heterocycles. The first-order chi connectivity index (χ1) is 7.47. The van der Waals surface area contributed by atoms with E-state index >= 15 is 0 Å². The van der Waals surface area contributed by atoms with E-state index in [9.17, 15) is 13.6 Å². The van der Waals surface area contributed by atoms with Crippen LogP contribution in [0.15, 0.2) is 6.07 Å². The van der Waals surface area contributed by atoms with Crippen LogP contribution in [0.2, 0.25) is 0 Å². The second-order valence-corrected chi connectivity index (χ2v) is 4.90. The Labute approximate surface area is 118 Å². The molecule has 1 aromatic rings. The van der Waals surface area contributed by atoms with E-state index in [-0.39, 0.29) is 25.1 Å². The van der Waals surface area contributed by atoms with Crippen molar-refractivity contribution >= 4 is 51.2 Å². The highest BCUT2D eigenvalue weighted by Gasteiger charge is 2.20. The number of ether oxygens (including phenoxy) is 1. The zero-order valence-electron chi connectivity index (χ0n) is 8.14. The first kappa shape index (κ1) is 14.0. The van der Waals surface area contributed by atoms with Crippen LogP contribution in [0.5, 0.6) is 0 Å². The van der Waals surface area contributed by atoms with Gasteiger partial charge in [0.05, 0.1) is 12.2 Å². The van der Waals surface area contributed by atoms with Gasteiger partial charge in [-0.05, 0) is 58.2 Å². The second-order valence-electron chi connectivity index (χ2n) is 2.71. The van der Waals surface area contributed by atoms with Gasteiger partial charge in [-0.1, -0.05) is 0 Å². The van der Waals surface area contributed by atoms with Crippen LogP contribution in [0.4, 0.5) is 8.78 Å². The molecule has 16 heavy (non-hydrogen) atoms. The number of aromatic nitrogens is 1. The Morgan fingerprint density at radius 3 is 2.69 bits per heavy atom. The van der Waals surface area contributed by atoms with Gasteiger partial charge >= 0.3 is 5.97 Å². The van der Waals surface area contributed by atoms with E-state index in [0.717, 1.165) is 0 Å². The molecule has 0 fully saturated rings. The summed E-state index contributed by atoms with van der Waals surface area (Å²) in [7, 11) is 0. The zero-order chi connectivity index (χ0) is 12.3. The van der Waals surface area contributed by atoms with Gasteiger partial charge in [-0.2, -0.15) is 0 Å². The predicted molar refractivity (Wildman–Crippen MR) is 70.6 cm³/mol. The fraction of sp³-hybridized carbons (Fsp3) is 0.333. The molecule has 0 bridgehead atoms. The molecule has 0 aliphatic carbocycles. The molecule has 0 saturated carbocycles. The number of rotatable bonds is 3. The Balaban J connectivity index is 3.15. The molecule has 1 rings (SSSR count). The van der Waals surface area contributed by atoms with Crippen LogP contribution in [0.3, 0.4) is 0 Å². The highest BCUT2D eigenvalue weighted by Crippen LogP contribution is 2.25. The van der Waals surface area contributed by atoms with Gasteiger partial charge in [0, 0.05) is 3.57 Å². The van der Waals surface area contributed by atoms with Crippen molar-refractivity contribution in [2.24, 2.45) is 0 Å². The molecule has 0 saturated heterocycles. The van der Waals surface area contributed by atoms with Gasteiger partial charge in [0.15, 0.2) is 0 Å². The standard InChI is InChI=1S/C9H7F2I2NO2/c1-2-16-9(15)4-3-5(12)6(7(10)11)14-8(4)13/h3,7H,2H2,1H3. The molecule has 3 nitrogen and oxygen atoms in total. The highest BCUT2D eigenvalue weighted by molar-refractivity contribution is 14.1. The van der Waals surface area contributed by atoms with Gasteiger partial charge in [-0.3, -0.25) is 0 Å². The Hall–Kier alpha value is -0.0600. The van der Waals surface area contributed by atoms with Crippen molar-refractivity contribution in [3.63, 3.8) is 0 Å². The SMILES string of the molecule is CCOC(=O)c1cc(I)c(C(F)F)nc1I. The van der Waals surface area contributed by atoms with Gasteiger partial charge in [-0.25, -0.2) is 18.6 Å². The van der Waals surface area contributed by atoms with Gasteiger partial charge in [0.1, 0.15) is 9.39 Å². The lowest BCUT2D eigenvalue weighted by Crippen LogP contribution is -2.10. The van der Waals surface area contributed by atoms with Crippen LogP contribution >= 0.6 is 45.2 Å². The lowest BCUT2D eigenvalue weighted by Gasteiger charge is -2.07. The van der Waals surface area contributed by atoms with Crippen LogP contribution in [-0.2, 0) is 4.74 Å². The van der Waals surface area contributed by atoms with Gasteiger partial charge in [0.25, 0.3) is 6.43 Å². The largest absolute Gasteiger partial charge is 0.462 e. The summed E-state index contributed by atoms with van der Waals surface area (Å²) in [5.41, 5.74) is -0.0886. The number of pyridine rings is 1. The molecule has 0 unspecified atom stereocenters. The van der Waals surface area contributed by atoms with E-state index in [4.69, 9.17) is 4.74 Å². The van der Waals surface area contributed by atoms with Crippen molar-refractivity contribution in [3.8, 4) is 0 Å². The summed E-state index contributed by atoms with van der Waals surface area (Å²) >= 11 is 3.47. The molecule has 88 valence electrons. The van der Waals surface area contributed by atoms with Crippen molar-refractivity contribution in [2.45, 2.75) is 13.3 Å². The summed E-state index contributed by atoms with van der Waals surface area (Å²) in [4.78, 5) is 15.1. The quantitative estimate of drug-likeness (QED) is 0.401. The molecule has 0 N–H and O–H groups in total. The Morgan fingerprint density at radius 2 is 2.19 bits per heavy atom. The summed E-state index contributed by atoms with van der Waals surface area (Å²) < 4.78 is 30.3. The first-order valence-corrected chi connectivity index (χ1v) is 6.44. The van der Waals surface area contributed by atoms with Crippen molar-refractivity contribution in [1.82, 2.24) is 4.98 Å². The number of esters is 1. The second kappa shape index (κ2) is 6.03. The summed E-state index contributed by atoms with van der Waals surface area (Å²) in [5.74, 6) is -0.543. The van der Waals surface area contributed by atoms with Crippen molar-refractivity contribution < 1.29 is 18.3 Å². The normalized spacial score (nSPS) is 10.6. The van der Waals surface area contributed by atoms with Gasteiger partial charge in [0.2, 0.25) is 0 Å². The van der Waals surface area contributed by atoms with Crippen LogP contribution < -0.4 is 0 Å². The van der Waals surface area contributed by atoms with E-state index in [1.165, 1.54) is 6.07 Å². The maximum Gasteiger partial charge on any atom is 0.340 e. The molecule has 0 radical (unpaired) electrons. The molecular weight excluding hydrogens is 446 g/mol. The molecular formula is C9H7F2I2NO2. The number of hydrogen-bond acceptors (Lipinski definition) is 3. The number of carbonyl (C=O) groups excluding carboxylic acids is 1. The average Bonchev–Trinajstić information content (AvgIpc) is 2.20. The van der Waals surface area contributed by atoms with Crippen LogP contribution in [-0.4, -0.2) is 17.6 Å². The fourth-order valence-corrected chi connectivity index (χ4v) is 2.29. The number of alkyl halides is 2. The third-order valence-electron chi connectivity index (χ3n) is 1.66. The predicted octanol–water partition coefficient (Wildman–Crippen LogP) is 3.41. The first-order valence-electron chi connectivity index (χ1n) is 4.28. The third kappa shape index (κ3) is 3.22. The fourth-order valence-electron chi connectivity index (χ4n) is 0.985. The minimum Gasteiger partial charge on any atom is -0.462 e. The average molecular weight is 453 g/mol.